The molecule has 1 N–H and O–H groups in total. The van der Waals surface area contributed by atoms with E-state index in [1.807, 2.05) is 6.07 Å². The van der Waals surface area contributed by atoms with Gasteiger partial charge in [0.1, 0.15) is 0 Å². The molecule has 0 aromatic carbocycles. The molecular weight excluding hydrogens is 346 g/mol. The van der Waals surface area contributed by atoms with Gasteiger partial charge >= 0.3 is 0 Å². The molecular formula is C9H7Br2NO2S. The monoisotopic (exact) mass is 351 g/mol. The predicted molar refractivity (Wildman–Crippen MR) is 64.8 cm³/mol. The SMILES string of the molecule is O=C1CC(c2cc(Br)c(Br)s2)CC(=O)N1. The van der Waals surface area contributed by atoms with Gasteiger partial charge in [-0.1, -0.05) is 0 Å². The van der Waals surface area contributed by atoms with E-state index in [0.717, 1.165) is 13.1 Å². The summed E-state index contributed by atoms with van der Waals surface area (Å²) in [5, 5.41) is 2.30. The summed E-state index contributed by atoms with van der Waals surface area (Å²) >= 11 is 8.35. The number of halogens is 2. The van der Waals surface area contributed by atoms with Gasteiger partial charge in [0.05, 0.1) is 3.79 Å². The normalized spacial score (nSPS) is 18.0. The molecule has 1 aromatic rings. The Labute approximate surface area is 107 Å². The second-order valence-corrected chi connectivity index (χ2v) is 6.60. The van der Waals surface area contributed by atoms with E-state index in [1.165, 1.54) is 0 Å². The van der Waals surface area contributed by atoms with Gasteiger partial charge in [0.15, 0.2) is 0 Å². The van der Waals surface area contributed by atoms with E-state index < -0.39 is 0 Å². The van der Waals surface area contributed by atoms with Crippen LogP contribution in [-0.4, -0.2) is 11.8 Å². The molecule has 0 spiro atoms. The lowest BCUT2D eigenvalue weighted by atomic mass is 9.95. The number of nitrogens with one attached hydrogen (secondary N) is 1. The number of rotatable bonds is 1. The highest BCUT2D eigenvalue weighted by Crippen LogP contribution is 2.39. The van der Waals surface area contributed by atoms with Crippen LogP contribution < -0.4 is 5.32 Å². The second kappa shape index (κ2) is 4.35. The molecule has 1 aliphatic rings. The van der Waals surface area contributed by atoms with Crippen molar-refractivity contribution in [3.8, 4) is 0 Å². The molecule has 0 atom stereocenters. The standard InChI is InChI=1S/C9H7Br2NO2S/c10-5-3-6(15-9(5)11)4-1-7(13)12-8(14)2-4/h3-4H,1-2H2,(H,12,13,14). The van der Waals surface area contributed by atoms with Crippen molar-refractivity contribution in [2.45, 2.75) is 18.8 Å². The van der Waals surface area contributed by atoms with Crippen LogP contribution in [0, 0.1) is 0 Å². The quantitative estimate of drug-likeness (QED) is 0.790. The Kier molecular flexibility index (Phi) is 3.27. The van der Waals surface area contributed by atoms with Crippen molar-refractivity contribution in [1.82, 2.24) is 5.32 Å². The van der Waals surface area contributed by atoms with E-state index in [1.54, 1.807) is 11.3 Å². The van der Waals surface area contributed by atoms with Gasteiger partial charge in [-0.25, -0.2) is 0 Å². The van der Waals surface area contributed by atoms with Crippen molar-refractivity contribution in [3.63, 3.8) is 0 Å². The van der Waals surface area contributed by atoms with Crippen LogP contribution in [0.15, 0.2) is 14.3 Å². The number of carbonyl (C=O) groups excluding carboxylic acids is 2. The molecule has 0 bridgehead atoms. The minimum Gasteiger partial charge on any atom is -0.296 e. The summed E-state index contributed by atoms with van der Waals surface area (Å²) < 4.78 is 1.97. The zero-order valence-corrected chi connectivity index (χ0v) is 11.5. The van der Waals surface area contributed by atoms with E-state index in [-0.39, 0.29) is 17.7 Å². The predicted octanol–water partition coefficient (Wildman–Crippen LogP) is 2.79. The average molecular weight is 353 g/mol. The first-order valence-electron chi connectivity index (χ1n) is 4.33. The van der Waals surface area contributed by atoms with Gasteiger partial charge in [0.25, 0.3) is 0 Å². The number of hydrogen-bond donors (Lipinski definition) is 1. The maximum atomic E-state index is 11.2. The largest absolute Gasteiger partial charge is 0.296 e. The fourth-order valence-corrected chi connectivity index (χ4v) is 3.73. The lowest BCUT2D eigenvalue weighted by Crippen LogP contribution is -2.37. The molecule has 1 saturated heterocycles. The first kappa shape index (κ1) is 11.3. The highest BCUT2D eigenvalue weighted by molar-refractivity contribution is 9.13. The second-order valence-electron chi connectivity index (χ2n) is 3.35. The third kappa shape index (κ3) is 2.49. The van der Waals surface area contributed by atoms with Gasteiger partial charge < -0.3 is 0 Å². The summed E-state index contributed by atoms with van der Waals surface area (Å²) in [6.45, 7) is 0. The van der Waals surface area contributed by atoms with E-state index >= 15 is 0 Å². The van der Waals surface area contributed by atoms with Gasteiger partial charge in [-0.05, 0) is 37.9 Å². The topological polar surface area (TPSA) is 46.2 Å². The van der Waals surface area contributed by atoms with Crippen LogP contribution in [0.2, 0.25) is 0 Å². The van der Waals surface area contributed by atoms with E-state index in [0.29, 0.717) is 12.8 Å². The van der Waals surface area contributed by atoms with Crippen LogP contribution in [0.3, 0.4) is 0 Å². The zero-order chi connectivity index (χ0) is 11.0. The molecule has 0 unspecified atom stereocenters. The molecule has 2 heterocycles. The molecule has 0 aliphatic carbocycles. The van der Waals surface area contributed by atoms with E-state index in [2.05, 4.69) is 37.2 Å². The Hall–Kier alpha value is -0.200. The molecule has 3 nitrogen and oxygen atoms in total. The lowest BCUT2D eigenvalue weighted by molar-refractivity contribution is -0.133. The molecule has 0 saturated carbocycles. The third-order valence-corrected chi connectivity index (χ3v) is 5.63. The smallest absolute Gasteiger partial charge is 0.227 e. The van der Waals surface area contributed by atoms with Gasteiger partial charge in [0.2, 0.25) is 11.8 Å². The van der Waals surface area contributed by atoms with E-state index in [4.69, 9.17) is 0 Å². The summed E-state index contributed by atoms with van der Waals surface area (Å²) in [6, 6.07) is 1.96. The van der Waals surface area contributed by atoms with Gasteiger partial charge in [-0.2, -0.15) is 0 Å². The average Bonchev–Trinajstić information content (AvgIpc) is 2.45. The minimum absolute atomic E-state index is 0.0267. The number of thiophene rings is 1. The van der Waals surface area contributed by atoms with Crippen LogP contribution in [-0.2, 0) is 9.59 Å². The summed E-state index contributed by atoms with van der Waals surface area (Å²) in [4.78, 5) is 23.5. The van der Waals surface area contributed by atoms with Gasteiger partial charge in [0, 0.05) is 28.1 Å². The number of imide groups is 1. The van der Waals surface area contributed by atoms with Crippen LogP contribution in [0.5, 0.6) is 0 Å². The number of carbonyl (C=O) groups is 2. The summed E-state index contributed by atoms with van der Waals surface area (Å²) in [6.07, 6.45) is 0.788. The highest BCUT2D eigenvalue weighted by Gasteiger charge is 2.27. The summed E-state index contributed by atoms with van der Waals surface area (Å²) in [7, 11) is 0. The number of amides is 2. The minimum atomic E-state index is -0.183. The number of hydrogen-bond acceptors (Lipinski definition) is 3. The number of piperidine rings is 1. The molecule has 1 aliphatic heterocycles. The first-order chi connectivity index (χ1) is 7.06. The Morgan fingerprint density at radius 3 is 2.33 bits per heavy atom. The van der Waals surface area contributed by atoms with E-state index in [9.17, 15) is 9.59 Å². The van der Waals surface area contributed by atoms with Crippen LogP contribution in [0.25, 0.3) is 0 Å². The van der Waals surface area contributed by atoms with Crippen molar-refractivity contribution in [2.24, 2.45) is 0 Å². The molecule has 2 amide bonds. The van der Waals surface area contributed by atoms with Crippen molar-refractivity contribution in [3.05, 3.63) is 19.2 Å². The van der Waals surface area contributed by atoms with Crippen molar-refractivity contribution >= 4 is 55.0 Å². The molecule has 80 valence electrons. The van der Waals surface area contributed by atoms with Gasteiger partial charge in [-0.15, -0.1) is 11.3 Å². The maximum Gasteiger partial charge on any atom is 0.227 e. The fraction of sp³-hybridized carbons (Fsp3) is 0.333. The Morgan fingerprint density at radius 2 is 1.87 bits per heavy atom. The molecule has 0 radical (unpaired) electrons. The van der Waals surface area contributed by atoms with Crippen molar-refractivity contribution in [2.75, 3.05) is 0 Å². The van der Waals surface area contributed by atoms with Crippen molar-refractivity contribution in [1.29, 1.82) is 0 Å². The van der Waals surface area contributed by atoms with Crippen molar-refractivity contribution < 1.29 is 9.59 Å². The fourth-order valence-electron chi connectivity index (χ4n) is 1.54. The maximum absolute atomic E-state index is 11.2. The molecule has 15 heavy (non-hydrogen) atoms. The Bertz CT molecular complexity index is 394. The van der Waals surface area contributed by atoms with Gasteiger partial charge in [-0.3, -0.25) is 14.9 Å². The third-order valence-electron chi connectivity index (χ3n) is 2.21. The van der Waals surface area contributed by atoms with Crippen LogP contribution in [0.1, 0.15) is 23.6 Å². The summed E-state index contributed by atoms with van der Waals surface area (Å²) in [5.74, 6) is -0.340. The molecule has 1 aromatic heterocycles. The molecule has 6 heteroatoms. The van der Waals surface area contributed by atoms with Crippen LogP contribution >= 0.6 is 43.2 Å². The lowest BCUT2D eigenvalue weighted by Gasteiger charge is -2.19. The summed E-state index contributed by atoms with van der Waals surface area (Å²) in [5.41, 5.74) is 0. The molecule has 2 rings (SSSR count). The Balaban J connectivity index is 2.23. The first-order valence-corrected chi connectivity index (χ1v) is 6.74. The van der Waals surface area contributed by atoms with Crippen LogP contribution in [0.4, 0.5) is 0 Å². The Morgan fingerprint density at radius 1 is 1.27 bits per heavy atom. The molecule has 1 fully saturated rings. The highest BCUT2D eigenvalue weighted by atomic mass is 79.9. The zero-order valence-electron chi connectivity index (χ0n) is 7.55.